The van der Waals surface area contributed by atoms with Gasteiger partial charge < -0.3 is 25.4 Å². The number of fused-ring (bicyclic) bond motifs is 1. The van der Waals surface area contributed by atoms with Crippen LogP contribution in [0.15, 0.2) is 18.2 Å². The van der Waals surface area contributed by atoms with E-state index in [4.69, 9.17) is 5.11 Å². The molecule has 0 aliphatic carbocycles. The SMILES string of the molecule is CC(c1nc2ccc(F)cc2[nH]1)[C@@H](O)[C@H](O)C(O)CO. The van der Waals surface area contributed by atoms with Crippen molar-refractivity contribution < 1.29 is 24.8 Å². The highest BCUT2D eigenvalue weighted by atomic mass is 19.1. The lowest BCUT2D eigenvalue weighted by atomic mass is 9.96. The van der Waals surface area contributed by atoms with Gasteiger partial charge in [0.25, 0.3) is 0 Å². The zero-order valence-corrected chi connectivity index (χ0v) is 10.9. The van der Waals surface area contributed by atoms with Gasteiger partial charge in [-0.05, 0) is 18.2 Å². The number of rotatable bonds is 5. The first-order chi connectivity index (χ1) is 9.43. The Kier molecular flexibility index (Phi) is 4.34. The molecule has 6 nitrogen and oxygen atoms in total. The first-order valence-corrected chi connectivity index (χ1v) is 6.24. The van der Waals surface area contributed by atoms with Crippen LogP contribution in [0, 0.1) is 5.82 Å². The molecule has 0 radical (unpaired) electrons. The lowest BCUT2D eigenvalue weighted by molar-refractivity contribution is -0.0832. The second-order valence-corrected chi connectivity index (χ2v) is 4.80. The monoisotopic (exact) mass is 284 g/mol. The number of nitrogens with zero attached hydrogens (tertiary/aromatic N) is 1. The molecule has 2 aromatic rings. The lowest BCUT2D eigenvalue weighted by Gasteiger charge is -2.25. The molecule has 2 unspecified atom stereocenters. The van der Waals surface area contributed by atoms with E-state index in [0.29, 0.717) is 16.9 Å². The summed E-state index contributed by atoms with van der Waals surface area (Å²) in [7, 11) is 0. The molecule has 1 aromatic carbocycles. The summed E-state index contributed by atoms with van der Waals surface area (Å²) in [5, 5.41) is 37.7. The maximum atomic E-state index is 13.1. The summed E-state index contributed by atoms with van der Waals surface area (Å²) in [6, 6.07) is 4.06. The molecule has 4 atom stereocenters. The molecule has 0 aliphatic heterocycles. The van der Waals surface area contributed by atoms with Crippen molar-refractivity contribution in [3.8, 4) is 0 Å². The Morgan fingerprint density at radius 3 is 2.60 bits per heavy atom. The van der Waals surface area contributed by atoms with E-state index in [0.717, 1.165) is 0 Å². The van der Waals surface area contributed by atoms with Crippen LogP contribution in [0.1, 0.15) is 18.7 Å². The average Bonchev–Trinajstić information content (AvgIpc) is 2.86. The largest absolute Gasteiger partial charge is 0.394 e. The van der Waals surface area contributed by atoms with Crippen LogP contribution in [-0.2, 0) is 0 Å². The van der Waals surface area contributed by atoms with E-state index in [2.05, 4.69) is 9.97 Å². The number of H-pyrrole nitrogens is 1. The van der Waals surface area contributed by atoms with Gasteiger partial charge in [0.2, 0.25) is 0 Å². The van der Waals surface area contributed by atoms with Crippen LogP contribution >= 0.6 is 0 Å². The summed E-state index contributed by atoms with van der Waals surface area (Å²) in [6.45, 7) is 0.947. The third-order valence-electron chi connectivity index (χ3n) is 3.34. The summed E-state index contributed by atoms with van der Waals surface area (Å²) in [5.74, 6) is -0.666. The summed E-state index contributed by atoms with van der Waals surface area (Å²) >= 11 is 0. The third kappa shape index (κ3) is 2.80. The summed E-state index contributed by atoms with van der Waals surface area (Å²) in [6.07, 6.45) is -4.25. The minimum atomic E-state index is -1.50. The number of nitrogens with one attached hydrogen (secondary N) is 1. The first kappa shape index (κ1) is 14.9. The van der Waals surface area contributed by atoms with Gasteiger partial charge >= 0.3 is 0 Å². The van der Waals surface area contributed by atoms with Crippen molar-refractivity contribution in [2.45, 2.75) is 31.2 Å². The van der Waals surface area contributed by atoms with Crippen molar-refractivity contribution in [1.82, 2.24) is 9.97 Å². The first-order valence-electron chi connectivity index (χ1n) is 6.24. The second kappa shape index (κ2) is 5.84. The molecular formula is C13H17FN2O4. The van der Waals surface area contributed by atoms with E-state index in [1.54, 1.807) is 6.92 Å². The number of hydrogen-bond donors (Lipinski definition) is 5. The standard InChI is InChI=1S/C13H17FN2O4/c1-6(11(19)12(20)10(18)5-17)13-15-8-3-2-7(14)4-9(8)16-13/h2-4,6,10-12,17-20H,5H2,1H3,(H,15,16)/t6?,10?,11-,12-/m1/s1. The van der Waals surface area contributed by atoms with Gasteiger partial charge in [-0.25, -0.2) is 9.37 Å². The Balaban J connectivity index is 2.24. The summed E-state index contributed by atoms with van der Waals surface area (Å²) in [5.41, 5.74) is 1.02. The zero-order valence-electron chi connectivity index (χ0n) is 10.9. The number of aromatic nitrogens is 2. The lowest BCUT2D eigenvalue weighted by Crippen LogP contribution is -2.42. The van der Waals surface area contributed by atoms with Crippen LogP contribution in [0.5, 0.6) is 0 Å². The normalized spacial score (nSPS) is 17.9. The van der Waals surface area contributed by atoms with Gasteiger partial charge in [0, 0.05) is 5.92 Å². The Labute approximate surface area is 114 Å². The van der Waals surface area contributed by atoms with E-state index in [9.17, 15) is 19.7 Å². The zero-order chi connectivity index (χ0) is 14.9. The Morgan fingerprint density at radius 1 is 1.25 bits per heavy atom. The molecule has 0 amide bonds. The van der Waals surface area contributed by atoms with Gasteiger partial charge in [0.15, 0.2) is 0 Å². The van der Waals surface area contributed by atoms with Crippen molar-refractivity contribution in [3.05, 3.63) is 29.8 Å². The van der Waals surface area contributed by atoms with Crippen LogP contribution in [0.2, 0.25) is 0 Å². The Hall–Kier alpha value is -1.54. The predicted octanol–water partition coefficient (Wildman–Crippen LogP) is -0.120. The van der Waals surface area contributed by atoms with E-state index >= 15 is 0 Å². The molecule has 0 saturated carbocycles. The van der Waals surface area contributed by atoms with Gasteiger partial charge in [-0.2, -0.15) is 0 Å². The number of aliphatic hydroxyl groups is 4. The minimum absolute atomic E-state index is 0.363. The number of benzene rings is 1. The topological polar surface area (TPSA) is 110 Å². The van der Waals surface area contributed by atoms with E-state index in [1.165, 1.54) is 18.2 Å². The predicted molar refractivity (Wildman–Crippen MR) is 69.6 cm³/mol. The van der Waals surface area contributed by atoms with Gasteiger partial charge in [-0.3, -0.25) is 0 Å². The molecule has 2 rings (SSSR count). The molecule has 0 bridgehead atoms. The minimum Gasteiger partial charge on any atom is -0.394 e. The molecule has 0 aliphatic rings. The molecular weight excluding hydrogens is 267 g/mol. The van der Waals surface area contributed by atoms with Crippen molar-refractivity contribution in [2.75, 3.05) is 6.61 Å². The molecule has 1 heterocycles. The quantitative estimate of drug-likeness (QED) is 0.526. The number of aliphatic hydroxyl groups excluding tert-OH is 4. The number of halogens is 1. The smallest absolute Gasteiger partial charge is 0.125 e. The van der Waals surface area contributed by atoms with Crippen LogP contribution in [0.3, 0.4) is 0 Å². The third-order valence-corrected chi connectivity index (χ3v) is 3.34. The second-order valence-electron chi connectivity index (χ2n) is 4.80. The van der Waals surface area contributed by atoms with Crippen molar-refractivity contribution >= 4 is 11.0 Å². The van der Waals surface area contributed by atoms with Crippen LogP contribution in [0.25, 0.3) is 11.0 Å². The van der Waals surface area contributed by atoms with E-state index < -0.39 is 36.7 Å². The van der Waals surface area contributed by atoms with Crippen LogP contribution in [-0.4, -0.2) is 55.3 Å². The van der Waals surface area contributed by atoms with Crippen molar-refractivity contribution in [2.24, 2.45) is 0 Å². The van der Waals surface area contributed by atoms with Crippen molar-refractivity contribution in [3.63, 3.8) is 0 Å². The fourth-order valence-electron chi connectivity index (χ4n) is 2.01. The van der Waals surface area contributed by atoms with Crippen LogP contribution in [0.4, 0.5) is 4.39 Å². The highest BCUT2D eigenvalue weighted by Gasteiger charge is 2.31. The Morgan fingerprint density at radius 2 is 1.95 bits per heavy atom. The average molecular weight is 284 g/mol. The van der Waals surface area contributed by atoms with E-state index in [-0.39, 0.29) is 0 Å². The molecule has 5 N–H and O–H groups in total. The maximum absolute atomic E-state index is 13.1. The van der Waals surface area contributed by atoms with E-state index in [1.807, 2.05) is 0 Å². The highest BCUT2D eigenvalue weighted by molar-refractivity contribution is 5.75. The number of imidazole rings is 1. The van der Waals surface area contributed by atoms with Gasteiger partial charge in [0.05, 0.1) is 23.7 Å². The fourth-order valence-corrected chi connectivity index (χ4v) is 2.01. The summed E-state index contributed by atoms with van der Waals surface area (Å²) < 4.78 is 13.1. The molecule has 20 heavy (non-hydrogen) atoms. The highest BCUT2D eigenvalue weighted by Crippen LogP contribution is 2.23. The van der Waals surface area contributed by atoms with Crippen LogP contribution < -0.4 is 0 Å². The molecule has 0 spiro atoms. The number of hydrogen-bond acceptors (Lipinski definition) is 5. The van der Waals surface area contributed by atoms with Gasteiger partial charge in [-0.15, -0.1) is 0 Å². The molecule has 110 valence electrons. The molecule has 7 heteroatoms. The summed E-state index contributed by atoms with van der Waals surface area (Å²) in [4.78, 5) is 7.07. The van der Waals surface area contributed by atoms with Crippen molar-refractivity contribution in [1.29, 1.82) is 0 Å². The maximum Gasteiger partial charge on any atom is 0.125 e. The molecule has 0 saturated heterocycles. The van der Waals surface area contributed by atoms with Gasteiger partial charge in [-0.1, -0.05) is 6.92 Å². The van der Waals surface area contributed by atoms with Gasteiger partial charge in [0.1, 0.15) is 23.8 Å². The molecule has 0 fully saturated rings. The molecule has 1 aromatic heterocycles. The number of aromatic amines is 1. The Bertz CT molecular complexity index is 589. The fraction of sp³-hybridized carbons (Fsp3) is 0.462.